The van der Waals surface area contributed by atoms with Crippen LogP contribution in [0.1, 0.15) is 15.9 Å². The van der Waals surface area contributed by atoms with Gasteiger partial charge in [-0.3, -0.25) is 4.79 Å². The van der Waals surface area contributed by atoms with Crippen LogP contribution >= 0.6 is 38.5 Å². The molecule has 5 heteroatoms. The number of phenols is 1. The topological polar surface area (TPSA) is 46.5 Å². The summed E-state index contributed by atoms with van der Waals surface area (Å²) in [5.74, 6) is 0.461. The smallest absolute Gasteiger partial charge is 0.153 e. The first-order valence-corrected chi connectivity index (χ1v) is 9.40. The first-order valence-electron chi connectivity index (χ1n) is 7.53. The number of carbonyl (C=O) groups excluding carboxylic acids is 1. The van der Waals surface area contributed by atoms with Gasteiger partial charge in [0.05, 0.1) is 9.13 Å². The second-order valence-electron chi connectivity index (χ2n) is 5.39. The van der Waals surface area contributed by atoms with Gasteiger partial charge in [-0.2, -0.15) is 0 Å². The highest BCUT2D eigenvalue weighted by molar-refractivity contribution is 14.1. The molecule has 0 heterocycles. The van der Waals surface area contributed by atoms with E-state index in [2.05, 4.69) is 56.7 Å². The first kappa shape index (κ1) is 17.9. The molecule has 0 aliphatic rings. The van der Waals surface area contributed by atoms with E-state index in [-0.39, 0.29) is 11.3 Å². The maximum atomic E-state index is 10.9. The van der Waals surface area contributed by atoms with Gasteiger partial charge in [0.15, 0.2) is 6.29 Å². The third-order valence-electron chi connectivity index (χ3n) is 3.75. The molecule has 3 nitrogen and oxygen atoms in total. The zero-order valence-electron chi connectivity index (χ0n) is 13.1. The van der Waals surface area contributed by atoms with Gasteiger partial charge < -0.3 is 9.84 Å². The highest BCUT2D eigenvalue weighted by atomic mass is 127. The van der Waals surface area contributed by atoms with E-state index in [1.807, 2.05) is 30.3 Å². The molecule has 3 rings (SSSR count). The number of benzene rings is 3. The Morgan fingerprint density at radius 3 is 2.56 bits per heavy atom. The zero-order chi connectivity index (χ0) is 17.8. The van der Waals surface area contributed by atoms with E-state index in [1.165, 1.54) is 6.07 Å². The third-order valence-corrected chi connectivity index (χ3v) is 5.53. The summed E-state index contributed by atoms with van der Waals surface area (Å²) in [5.41, 5.74) is 3.47. The predicted molar refractivity (Wildman–Crippen MR) is 110 cm³/mol. The molecule has 0 aliphatic carbocycles. The molecule has 0 fully saturated rings. The fourth-order valence-electron chi connectivity index (χ4n) is 2.45. The summed E-state index contributed by atoms with van der Waals surface area (Å²) in [7, 11) is 0. The maximum absolute atomic E-state index is 10.9. The minimum Gasteiger partial charge on any atom is -0.507 e. The Hall–Kier alpha value is -1.86. The Morgan fingerprint density at radius 1 is 1.08 bits per heavy atom. The van der Waals surface area contributed by atoms with Crippen molar-refractivity contribution in [1.29, 1.82) is 0 Å². The molecule has 0 saturated carbocycles. The van der Waals surface area contributed by atoms with Gasteiger partial charge in [-0.25, -0.2) is 0 Å². The Balaban J connectivity index is 1.85. The van der Waals surface area contributed by atoms with Crippen LogP contribution in [0.3, 0.4) is 0 Å². The Bertz CT molecular complexity index is 910. The molecule has 126 valence electrons. The van der Waals surface area contributed by atoms with Gasteiger partial charge in [0.25, 0.3) is 0 Å². The van der Waals surface area contributed by atoms with Crippen molar-refractivity contribution < 1.29 is 14.6 Å². The van der Waals surface area contributed by atoms with Crippen LogP contribution in [0.5, 0.6) is 11.5 Å². The van der Waals surface area contributed by atoms with Crippen LogP contribution in [0, 0.1) is 3.57 Å². The molecular formula is C20H14BrIO3. The molecule has 0 aliphatic heterocycles. The van der Waals surface area contributed by atoms with E-state index >= 15 is 0 Å². The van der Waals surface area contributed by atoms with Gasteiger partial charge in [-0.05, 0) is 55.7 Å². The van der Waals surface area contributed by atoms with Crippen molar-refractivity contribution in [3.05, 3.63) is 79.8 Å². The molecule has 0 atom stereocenters. The van der Waals surface area contributed by atoms with E-state index in [4.69, 9.17) is 4.74 Å². The molecule has 0 unspecified atom stereocenters. The van der Waals surface area contributed by atoms with Gasteiger partial charge in [-0.15, -0.1) is 0 Å². The molecule has 1 N–H and O–H groups in total. The zero-order valence-corrected chi connectivity index (χ0v) is 16.8. The summed E-state index contributed by atoms with van der Waals surface area (Å²) >= 11 is 5.76. The van der Waals surface area contributed by atoms with Gasteiger partial charge >= 0.3 is 0 Å². The SMILES string of the molecule is O=Cc1cc(I)c(OCc2cccc(-c3ccccc3)c2Br)cc1O. The van der Waals surface area contributed by atoms with Crippen LogP contribution in [-0.2, 0) is 6.61 Å². The summed E-state index contributed by atoms with van der Waals surface area (Å²) in [6, 6.07) is 19.2. The number of hydrogen-bond acceptors (Lipinski definition) is 3. The number of ether oxygens (including phenoxy) is 1. The highest BCUT2D eigenvalue weighted by Gasteiger charge is 2.11. The lowest BCUT2D eigenvalue weighted by atomic mass is 10.0. The van der Waals surface area contributed by atoms with Crippen molar-refractivity contribution in [2.75, 3.05) is 0 Å². The van der Waals surface area contributed by atoms with Crippen molar-refractivity contribution in [2.45, 2.75) is 6.61 Å². The number of hydrogen-bond donors (Lipinski definition) is 1. The van der Waals surface area contributed by atoms with E-state index < -0.39 is 0 Å². The van der Waals surface area contributed by atoms with E-state index in [0.717, 1.165) is 24.7 Å². The van der Waals surface area contributed by atoms with Gasteiger partial charge in [0.2, 0.25) is 0 Å². The summed E-state index contributed by atoms with van der Waals surface area (Å²) in [5, 5.41) is 9.84. The molecule has 3 aromatic carbocycles. The molecule has 25 heavy (non-hydrogen) atoms. The van der Waals surface area contributed by atoms with Crippen LogP contribution in [-0.4, -0.2) is 11.4 Å². The first-order chi connectivity index (χ1) is 12.1. The minimum atomic E-state index is -0.0810. The van der Waals surface area contributed by atoms with Crippen molar-refractivity contribution in [1.82, 2.24) is 0 Å². The fraction of sp³-hybridized carbons (Fsp3) is 0.0500. The standard InChI is InChI=1S/C20H14BrIO3/c21-20-14(7-4-8-16(20)13-5-2-1-3-6-13)12-25-19-10-18(24)15(11-23)9-17(19)22/h1-11,24H,12H2. The summed E-state index contributed by atoms with van der Waals surface area (Å²) in [6.45, 7) is 0.344. The summed E-state index contributed by atoms with van der Waals surface area (Å²) in [6.07, 6.45) is 0.626. The maximum Gasteiger partial charge on any atom is 0.153 e. The molecule has 0 amide bonds. The van der Waals surface area contributed by atoms with Crippen molar-refractivity contribution >= 4 is 44.8 Å². The highest BCUT2D eigenvalue weighted by Crippen LogP contribution is 2.33. The molecule has 3 aromatic rings. The fourth-order valence-corrected chi connectivity index (χ4v) is 3.71. The molecule has 0 radical (unpaired) electrons. The number of phenolic OH excluding ortho intramolecular Hbond substituents is 1. The lowest BCUT2D eigenvalue weighted by molar-refractivity contribution is 0.112. The number of aldehydes is 1. The Kier molecular flexibility index (Phi) is 5.75. The lowest BCUT2D eigenvalue weighted by Crippen LogP contribution is -1.99. The van der Waals surface area contributed by atoms with Crippen LogP contribution in [0.4, 0.5) is 0 Å². The van der Waals surface area contributed by atoms with Gasteiger partial charge in [-0.1, -0.05) is 48.5 Å². The van der Waals surface area contributed by atoms with Crippen molar-refractivity contribution in [3.63, 3.8) is 0 Å². The number of carbonyl (C=O) groups is 1. The molecule has 0 aromatic heterocycles. The lowest BCUT2D eigenvalue weighted by Gasteiger charge is -2.13. The molecule has 0 saturated heterocycles. The van der Waals surface area contributed by atoms with Crippen LogP contribution < -0.4 is 4.74 Å². The van der Waals surface area contributed by atoms with E-state index in [9.17, 15) is 9.90 Å². The largest absolute Gasteiger partial charge is 0.507 e. The quantitative estimate of drug-likeness (QED) is 0.349. The van der Waals surface area contributed by atoms with Gasteiger partial charge in [0, 0.05) is 16.1 Å². The number of rotatable bonds is 5. The second kappa shape index (κ2) is 8.01. The van der Waals surface area contributed by atoms with Crippen molar-refractivity contribution in [2.24, 2.45) is 0 Å². The van der Waals surface area contributed by atoms with Crippen LogP contribution in [0.15, 0.2) is 65.1 Å². The van der Waals surface area contributed by atoms with E-state index in [0.29, 0.717) is 18.6 Å². The average Bonchev–Trinajstić information content (AvgIpc) is 2.63. The van der Waals surface area contributed by atoms with Crippen molar-refractivity contribution in [3.8, 4) is 22.6 Å². The number of halogens is 2. The monoisotopic (exact) mass is 508 g/mol. The summed E-state index contributed by atoms with van der Waals surface area (Å²) in [4.78, 5) is 10.9. The van der Waals surface area contributed by atoms with E-state index in [1.54, 1.807) is 6.07 Å². The molecular weight excluding hydrogens is 495 g/mol. The van der Waals surface area contributed by atoms with Crippen LogP contribution in [0.25, 0.3) is 11.1 Å². The molecule has 0 spiro atoms. The Labute approximate surface area is 167 Å². The minimum absolute atomic E-state index is 0.0810. The van der Waals surface area contributed by atoms with Crippen LogP contribution in [0.2, 0.25) is 0 Å². The van der Waals surface area contributed by atoms with Gasteiger partial charge in [0.1, 0.15) is 18.1 Å². The second-order valence-corrected chi connectivity index (χ2v) is 7.35. The normalized spacial score (nSPS) is 10.5. The predicted octanol–water partition coefficient (Wildman–Crippen LogP) is 5.82. The Morgan fingerprint density at radius 2 is 1.84 bits per heavy atom. The number of aromatic hydroxyl groups is 1. The molecule has 0 bridgehead atoms. The third kappa shape index (κ3) is 4.04. The average molecular weight is 509 g/mol. The summed E-state index contributed by atoms with van der Waals surface area (Å²) < 4.78 is 7.61.